The largest absolute Gasteiger partial charge is 0.480 e. The van der Waals surface area contributed by atoms with E-state index in [1.165, 1.54) is 29.2 Å². The molecule has 1 aliphatic heterocycles. The predicted octanol–water partition coefficient (Wildman–Crippen LogP) is -0.132. The van der Waals surface area contributed by atoms with Crippen LogP contribution in [-0.4, -0.2) is 102 Å². The lowest BCUT2D eigenvalue weighted by atomic mass is 10.0. The SMILES string of the molecule is N=COC(=O)NCc1ccc(C(=O)NCC(=O)N2CCN(CC(=O)O)C(=O)[C@@H]2CCCNC(=O)c2ccc(C(=N)N)cc2)cc1. The number of carboxylic acid groups (broad SMARTS) is 1. The first-order valence-corrected chi connectivity index (χ1v) is 13.8. The zero-order valence-corrected chi connectivity index (χ0v) is 24.2. The van der Waals surface area contributed by atoms with Gasteiger partial charge < -0.3 is 41.3 Å². The number of benzene rings is 2. The summed E-state index contributed by atoms with van der Waals surface area (Å²) >= 11 is 0. The third-order valence-corrected chi connectivity index (χ3v) is 6.85. The van der Waals surface area contributed by atoms with E-state index in [0.717, 1.165) is 4.90 Å². The summed E-state index contributed by atoms with van der Waals surface area (Å²) in [6, 6.07) is 11.4. The summed E-state index contributed by atoms with van der Waals surface area (Å²) in [4.78, 5) is 76.5. The summed E-state index contributed by atoms with van der Waals surface area (Å²) < 4.78 is 4.35. The van der Waals surface area contributed by atoms with Crippen LogP contribution in [0.2, 0.25) is 0 Å². The molecule has 0 bridgehead atoms. The van der Waals surface area contributed by atoms with Crippen molar-refractivity contribution >= 4 is 47.9 Å². The maximum absolute atomic E-state index is 13.2. The average molecular weight is 623 g/mol. The van der Waals surface area contributed by atoms with E-state index in [1.54, 1.807) is 24.3 Å². The molecule has 3 rings (SSSR count). The summed E-state index contributed by atoms with van der Waals surface area (Å²) in [5.74, 6) is -3.31. The van der Waals surface area contributed by atoms with E-state index in [-0.39, 0.29) is 49.9 Å². The molecule has 0 saturated carbocycles. The summed E-state index contributed by atoms with van der Waals surface area (Å²) in [5, 5.41) is 31.1. The van der Waals surface area contributed by atoms with Gasteiger partial charge >= 0.3 is 12.1 Å². The molecule has 1 aliphatic rings. The van der Waals surface area contributed by atoms with Crippen LogP contribution in [0.4, 0.5) is 4.79 Å². The molecule has 0 unspecified atom stereocenters. The quantitative estimate of drug-likeness (QED) is 0.0841. The Morgan fingerprint density at radius 2 is 1.53 bits per heavy atom. The average Bonchev–Trinajstić information content (AvgIpc) is 3.02. The normalized spacial score (nSPS) is 14.2. The summed E-state index contributed by atoms with van der Waals surface area (Å²) in [6.45, 7) is -0.575. The van der Waals surface area contributed by atoms with Crippen LogP contribution in [-0.2, 0) is 25.7 Å². The fraction of sp³-hybridized carbons (Fsp3) is 0.310. The Morgan fingerprint density at radius 3 is 2.13 bits per heavy atom. The van der Waals surface area contributed by atoms with Gasteiger partial charge in [0.05, 0.1) is 6.54 Å². The van der Waals surface area contributed by atoms with Gasteiger partial charge in [-0.3, -0.25) is 34.8 Å². The molecule has 1 fully saturated rings. The summed E-state index contributed by atoms with van der Waals surface area (Å²) in [5.41, 5.74) is 7.16. The number of hydrogen-bond donors (Lipinski definition) is 7. The molecule has 1 saturated heterocycles. The third-order valence-electron chi connectivity index (χ3n) is 6.85. The zero-order chi connectivity index (χ0) is 32.9. The summed E-state index contributed by atoms with van der Waals surface area (Å²) in [6.07, 6.45) is 0.137. The van der Waals surface area contributed by atoms with Crippen LogP contribution in [0.25, 0.3) is 0 Å². The molecule has 1 atom stereocenters. The number of carbonyl (C=O) groups excluding carboxylic acids is 5. The monoisotopic (exact) mass is 622 g/mol. The molecule has 0 aliphatic carbocycles. The van der Waals surface area contributed by atoms with E-state index < -0.39 is 48.9 Å². The van der Waals surface area contributed by atoms with Gasteiger partial charge in [0.15, 0.2) is 6.40 Å². The minimum Gasteiger partial charge on any atom is -0.480 e. The summed E-state index contributed by atoms with van der Waals surface area (Å²) in [7, 11) is 0. The van der Waals surface area contributed by atoms with Crippen molar-refractivity contribution in [3.63, 3.8) is 0 Å². The first kappa shape index (κ1) is 33.7. The van der Waals surface area contributed by atoms with Gasteiger partial charge in [0.2, 0.25) is 11.8 Å². The minimum atomic E-state index is -1.19. The Morgan fingerprint density at radius 1 is 0.933 bits per heavy atom. The molecule has 0 radical (unpaired) electrons. The molecule has 16 heteroatoms. The highest BCUT2D eigenvalue weighted by atomic mass is 16.5. The van der Waals surface area contributed by atoms with Gasteiger partial charge in [0.1, 0.15) is 18.4 Å². The van der Waals surface area contributed by atoms with Crippen molar-refractivity contribution in [3.05, 3.63) is 70.8 Å². The Kier molecular flexibility index (Phi) is 12.1. The lowest BCUT2D eigenvalue weighted by Gasteiger charge is -2.40. The highest BCUT2D eigenvalue weighted by molar-refractivity contribution is 5.99. The molecule has 16 nitrogen and oxygen atoms in total. The number of rotatable bonds is 14. The number of nitrogens with zero attached hydrogens (tertiary/aromatic N) is 2. The number of carbonyl (C=O) groups is 6. The maximum Gasteiger partial charge on any atom is 0.413 e. The number of alkyl carbamates (subject to hydrolysis) is 1. The lowest BCUT2D eigenvalue weighted by Crippen LogP contribution is -2.60. The minimum absolute atomic E-state index is 0.0111. The molecule has 0 spiro atoms. The number of nitrogen functional groups attached to an aromatic ring is 1. The second kappa shape index (κ2) is 16.2. The van der Waals surface area contributed by atoms with Crippen molar-refractivity contribution in [2.24, 2.45) is 5.73 Å². The smallest absolute Gasteiger partial charge is 0.413 e. The number of nitrogens with one attached hydrogen (secondary N) is 5. The van der Waals surface area contributed by atoms with Gasteiger partial charge in [-0.05, 0) is 42.7 Å². The van der Waals surface area contributed by atoms with E-state index in [9.17, 15) is 33.9 Å². The van der Waals surface area contributed by atoms with Gasteiger partial charge in [-0.15, -0.1) is 0 Å². The number of piperazine rings is 1. The molecule has 238 valence electrons. The van der Waals surface area contributed by atoms with Crippen LogP contribution in [0.3, 0.4) is 0 Å². The van der Waals surface area contributed by atoms with E-state index in [0.29, 0.717) is 29.5 Å². The Labute approximate surface area is 257 Å². The van der Waals surface area contributed by atoms with Crippen LogP contribution in [0.1, 0.15) is 44.7 Å². The predicted molar refractivity (Wildman–Crippen MR) is 160 cm³/mol. The van der Waals surface area contributed by atoms with Crippen LogP contribution >= 0.6 is 0 Å². The highest BCUT2D eigenvalue weighted by Crippen LogP contribution is 2.17. The van der Waals surface area contributed by atoms with Crippen molar-refractivity contribution in [2.75, 3.05) is 32.7 Å². The Bertz CT molecular complexity index is 1450. The molecular formula is C29H34N8O8. The first-order chi connectivity index (χ1) is 21.5. The highest BCUT2D eigenvalue weighted by Gasteiger charge is 2.37. The molecule has 45 heavy (non-hydrogen) atoms. The maximum atomic E-state index is 13.2. The standard InChI is InChI=1S/C29H34N8O8/c30-17-45-29(44)35-14-18-3-5-20(6-4-18)27(42)34-15-23(38)37-13-12-36(16-24(39)40)28(43)22(37)2-1-11-33-26(41)21-9-7-19(8-10-21)25(31)32/h3-10,17,22,30H,1-2,11-16H2,(H3,31,32)(H,33,41)(H,34,42)(H,35,44)(H,39,40)/t22-/m0/s1. The van der Waals surface area contributed by atoms with E-state index >= 15 is 0 Å². The second-order valence-electron chi connectivity index (χ2n) is 9.90. The topological polar surface area (TPSA) is 248 Å². The van der Waals surface area contributed by atoms with Crippen molar-refractivity contribution < 1.29 is 38.6 Å². The molecule has 2 aromatic carbocycles. The number of amidine groups is 1. The van der Waals surface area contributed by atoms with Crippen molar-refractivity contribution in [1.82, 2.24) is 25.8 Å². The second-order valence-corrected chi connectivity index (χ2v) is 9.90. The lowest BCUT2D eigenvalue weighted by molar-refractivity contribution is -0.155. The zero-order valence-electron chi connectivity index (χ0n) is 24.2. The number of ether oxygens (including phenoxy) is 1. The van der Waals surface area contributed by atoms with Gasteiger partial charge in [-0.2, -0.15) is 0 Å². The van der Waals surface area contributed by atoms with Gasteiger partial charge in [-0.25, -0.2) is 4.79 Å². The van der Waals surface area contributed by atoms with Crippen molar-refractivity contribution in [1.29, 1.82) is 10.8 Å². The Hall–Kier alpha value is -5.80. The molecule has 8 N–H and O–H groups in total. The van der Waals surface area contributed by atoms with Crippen LogP contribution in [0.15, 0.2) is 48.5 Å². The molecule has 5 amide bonds. The Balaban J connectivity index is 1.56. The number of nitrogens with two attached hydrogens (primary N) is 1. The fourth-order valence-electron chi connectivity index (χ4n) is 4.54. The van der Waals surface area contributed by atoms with Gasteiger partial charge in [0, 0.05) is 42.9 Å². The molecule has 2 aromatic rings. The molecule has 1 heterocycles. The van der Waals surface area contributed by atoms with Crippen LogP contribution in [0.5, 0.6) is 0 Å². The van der Waals surface area contributed by atoms with Gasteiger partial charge in [0.25, 0.3) is 11.8 Å². The number of amides is 5. The fourth-order valence-corrected chi connectivity index (χ4v) is 4.54. The van der Waals surface area contributed by atoms with Gasteiger partial charge in [-0.1, -0.05) is 24.3 Å². The number of carboxylic acids is 1. The van der Waals surface area contributed by atoms with Crippen molar-refractivity contribution in [2.45, 2.75) is 25.4 Å². The molecule has 0 aromatic heterocycles. The van der Waals surface area contributed by atoms with Crippen LogP contribution < -0.4 is 21.7 Å². The number of hydrogen-bond acceptors (Lipinski definition) is 9. The van der Waals surface area contributed by atoms with E-state index in [1.807, 2.05) is 0 Å². The number of aliphatic carboxylic acids is 1. The molecular weight excluding hydrogens is 588 g/mol. The van der Waals surface area contributed by atoms with Crippen molar-refractivity contribution in [3.8, 4) is 0 Å². The van der Waals surface area contributed by atoms with E-state index in [2.05, 4.69) is 20.7 Å². The van der Waals surface area contributed by atoms with E-state index in [4.69, 9.17) is 16.6 Å². The third kappa shape index (κ3) is 9.87. The first-order valence-electron chi connectivity index (χ1n) is 13.8. The van der Waals surface area contributed by atoms with Crippen LogP contribution in [0, 0.1) is 10.8 Å².